The number of rotatable bonds is 4. The number of nitrogens with zero attached hydrogens (tertiary/aromatic N) is 1. The van der Waals surface area contributed by atoms with Crippen molar-refractivity contribution in [1.29, 1.82) is 0 Å². The van der Waals surface area contributed by atoms with E-state index in [0.717, 1.165) is 5.56 Å². The minimum atomic E-state index is -2.97. The first-order chi connectivity index (χ1) is 10.3. The van der Waals surface area contributed by atoms with Crippen LogP contribution in [-0.2, 0) is 21.1 Å². The number of amides is 1. The average Bonchev–Trinajstić information content (AvgIpc) is 2.94. The van der Waals surface area contributed by atoms with Crippen LogP contribution < -0.4 is 0 Å². The molecule has 2 aliphatic heterocycles. The third-order valence-corrected chi connectivity index (χ3v) is 6.83. The second-order valence-corrected chi connectivity index (χ2v) is 8.86. The number of halogens is 1. The molecule has 2 aliphatic rings. The van der Waals surface area contributed by atoms with Crippen molar-refractivity contribution < 1.29 is 17.6 Å². The molecule has 4 nitrogen and oxygen atoms in total. The molecule has 0 aliphatic carbocycles. The van der Waals surface area contributed by atoms with Gasteiger partial charge in [0.1, 0.15) is 5.82 Å². The van der Waals surface area contributed by atoms with Gasteiger partial charge in [-0.2, -0.15) is 0 Å². The van der Waals surface area contributed by atoms with Crippen LogP contribution in [0.25, 0.3) is 0 Å². The molecule has 0 saturated carbocycles. The Hall–Kier alpha value is -1.43. The molecule has 2 fully saturated rings. The lowest BCUT2D eigenvalue weighted by molar-refractivity contribution is -0.132. The molecule has 22 heavy (non-hydrogen) atoms. The highest BCUT2D eigenvalue weighted by Gasteiger charge is 2.49. The van der Waals surface area contributed by atoms with E-state index in [9.17, 15) is 17.6 Å². The highest BCUT2D eigenvalue weighted by atomic mass is 32.2. The molecule has 3 rings (SSSR count). The Morgan fingerprint density at radius 2 is 2.23 bits per heavy atom. The van der Waals surface area contributed by atoms with Gasteiger partial charge in [0.2, 0.25) is 5.91 Å². The summed E-state index contributed by atoms with van der Waals surface area (Å²) in [4.78, 5) is 14.1. The van der Waals surface area contributed by atoms with Crippen LogP contribution in [0.3, 0.4) is 0 Å². The van der Waals surface area contributed by atoms with E-state index < -0.39 is 9.84 Å². The number of likely N-dealkylation sites (tertiary alicyclic amines) is 1. The topological polar surface area (TPSA) is 54.5 Å². The normalized spacial score (nSPS) is 27.1. The highest BCUT2D eigenvalue weighted by Crippen LogP contribution is 2.33. The Kier molecular flexibility index (Phi) is 3.97. The summed E-state index contributed by atoms with van der Waals surface area (Å²) in [6.07, 6.45) is 1.61. The van der Waals surface area contributed by atoms with E-state index >= 15 is 0 Å². The zero-order valence-electron chi connectivity index (χ0n) is 12.5. The number of sulfone groups is 1. The zero-order valence-corrected chi connectivity index (χ0v) is 13.4. The predicted molar refractivity (Wildman–Crippen MR) is 81.6 cm³/mol. The van der Waals surface area contributed by atoms with Crippen molar-refractivity contribution in [3.05, 3.63) is 35.6 Å². The average molecular weight is 325 g/mol. The van der Waals surface area contributed by atoms with Gasteiger partial charge in [0.25, 0.3) is 0 Å². The van der Waals surface area contributed by atoms with Crippen molar-refractivity contribution in [3.63, 3.8) is 0 Å². The van der Waals surface area contributed by atoms with E-state index in [4.69, 9.17) is 0 Å². The van der Waals surface area contributed by atoms with Gasteiger partial charge < -0.3 is 4.90 Å². The predicted octanol–water partition coefficient (Wildman–Crippen LogP) is 1.79. The SMILES string of the molecule is CC(CC(=O)N1CC2CC1CS2(=O)=O)Cc1cccc(F)c1. The van der Waals surface area contributed by atoms with Gasteiger partial charge in [-0.15, -0.1) is 0 Å². The summed E-state index contributed by atoms with van der Waals surface area (Å²) in [5.41, 5.74) is 0.880. The number of hydrogen-bond acceptors (Lipinski definition) is 3. The number of carbonyl (C=O) groups excluding carboxylic acids is 1. The van der Waals surface area contributed by atoms with Gasteiger partial charge >= 0.3 is 0 Å². The maximum atomic E-state index is 13.2. The highest BCUT2D eigenvalue weighted by molar-refractivity contribution is 7.92. The van der Waals surface area contributed by atoms with E-state index in [0.29, 0.717) is 25.8 Å². The van der Waals surface area contributed by atoms with Crippen LogP contribution in [0.2, 0.25) is 0 Å². The molecule has 120 valence electrons. The van der Waals surface area contributed by atoms with Crippen LogP contribution in [0.4, 0.5) is 4.39 Å². The van der Waals surface area contributed by atoms with Crippen LogP contribution in [0.5, 0.6) is 0 Å². The summed E-state index contributed by atoms with van der Waals surface area (Å²) in [7, 11) is -2.97. The van der Waals surface area contributed by atoms with E-state index in [1.165, 1.54) is 12.1 Å². The van der Waals surface area contributed by atoms with Gasteiger partial charge in [0.05, 0.1) is 11.0 Å². The third kappa shape index (κ3) is 3.02. The van der Waals surface area contributed by atoms with Crippen LogP contribution in [0.1, 0.15) is 25.3 Å². The fraction of sp³-hybridized carbons (Fsp3) is 0.562. The van der Waals surface area contributed by atoms with Gasteiger partial charge in [-0.1, -0.05) is 19.1 Å². The third-order valence-electron chi connectivity index (χ3n) is 4.63. The van der Waals surface area contributed by atoms with Gasteiger partial charge in [-0.05, 0) is 36.5 Å². The molecule has 3 atom stereocenters. The molecule has 1 aromatic carbocycles. The van der Waals surface area contributed by atoms with Crippen molar-refractivity contribution in [1.82, 2.24) is 4.90 Å². The summed E-state index contributed by atoms with van der Waals surface area (Å²) in [5.74, 6) is -0.0313. The van der Waals surface area contributed by atoms with Crippen LogP contribution in [0, 0.1) is 11.7 Å². The molecule has 6 heteroatoms. The van der Waals surface area contributed by atoms with Crippen LogP contribution in [0.15, 0.2) is 24.3 Å². The van der Waals surface area contributed by atoms with E-state index in [1.54, 1.807) is 11.0 Å². The lowest BCUT2D eigenvalue weighted by atomic mass is 9.97. The monoisotopic (exact) mass is 325 g/mol. The minimum absolute atomic E-state index is 0.0197. The second kappa shape index (κ2) is 5.65. The lowest BCUT2D eigenvalue weighted by Crippen LogP contribution is -2.44. The Labute approximate surface area is 130 Å². The number of hydrogen-bond donors (Lipinski definition) is 0. The lowest BCUT2D eigenvalue weighted by Gasteiger charge is -2.28. The molecule has 0 radical (unpaired) electrons. The van der Waals surface area contributed by atoms with Gasteiger partial charge in [0, 0.05) is 19.0 Å². The summed E-state index contributed by atoms with van der Waals surface area (Å²) < 4.78 is 36.6. The Balaban J connectivity index is 1.57. The molecule has 0 N–H and O–H groups in total. The summed E-state index contributed by atoms with van der Waals surface area (Å²) in [6.45, 7) is 2.31. The first kappa shape index (κ1) is 15.5. The van der Waals surface area contributed by atoms with Crippen molar-refractivity contribution in [2.75, 3.05) is 12.3 Å². The van der Waals surface area contributed by atoms with Gasteiger partial charge in [-0.25, -0.2) is 12.8 Å². The smallest absolute Gasteiger partial charge is 0.223 e. The molecule has 2 saturated heterocycles. The Morgan fingerprint density at radius 3 is 2.82 bits per heavy atom. The van der Waals surface area contributed by atoms with Crippen LogP contribution >= 0.6 is 0 Å². The molecule has 0 aromatic heterocycles. The molecule has 2 heterocycles. The van der Waals surface area contributed by atoms with E-state index in [-0.39, 0.29) is 34.7 Å². The Morgan fingerprint density at radius 1 is 1.45 bits per heavy atom. The number of benzene rings is 1. The largest absolute Gasteiger partial charge is 0.337 e. The van der Waals surface area contributed by atoms with E-state index in [1.807, 2.05) is 13.0 Å². The molecular weight excluding hydrogens is 305 g/mol. The molecular formula is C16H20FNO3S. The second-order valence-electron chi connectivity index (χ2n) is 6.53. The maximum Gasteiger partial charge on any atom is 0.223 e. The summed E-state index contributed by atoms with van der Waals surface area (Å²) in [5, 5.41) is -0.361. The molecule has 1 aromatic rings. The first-order valence-electron chi connectivity index (χ1n) is 7.60. The number of carbonyl (C=O) groups is 1. The van der Waals surface area contributed by atoms with Crippen molar-refractivity contribution in [2.45, 2.75) is 37.5 Å². The fourth-order valence-corrected chi connectivity index (χ4v) is 5.58. The van der Waals surface area contributed by atoms with Crippen LogP contribution in [-0.4, -0.2) is 42.8 Å². The van der Waals surface area contributed by atoms with E-state index in [2.05, 4.69) is 0 Å². The summed E-state index contributed by atoms with van der Waals surface area (Å²) in [6, 6.07) is 6.29. The van der Waals surface area contributed by atoms with Crippen molar-refractivity contribution in [2.24, 2.45) is 5.92 Å². The molecule has 1 amide bonds. The zero-order chi connectivity index (χ0) is 15.9. The fourth-order valence-electron chi connectivity index (χ4n) is 3.56. The van der Waals surface area contributed by atoms with Gasteiger partial charge in [-0.3, -0.25) is 4.79 Å². The first-order valence-corrected chi connectivity index (χ1v) is 9.32. The van der Waals surface area contributed by atoms with Crippen molar-refractivity contribution >= 4 is 15.7 Å². The molecule has 3 unspecified atom stereocenters. The van der Waals surface area contributed by atoms with Gasteiger partial charge in [0.15, 0.2) is 9.84 Å². The molecule has 2 bridgehead atoms. The standard InChI is InChI=1S/C16H20FNO3S/c1-11(5-12-3-2-4-13(17)7-12)6-16(19)18-9-15-8-14(18)10-22(15,20)21/h2-4,7,11,14-15H,5-6,8-10H2,1H3. The minimum Gasteiger partial charge on any atom is -0.337 e. The Bertz CT molecular complexity index is 688. The summed E-state index contributed by atoms with van der Waals surface area (Å²) >= 11 is 0. The quantitative estimate of drug-likeness (QED) is 0.848. The molecule has 0 spiro atoms. The number of fused-ring (bicyclic) bond motifs is 2. The van der Waals surface area contributed by atoms with Crippen molar-refractivity contribution in [3.8, 4) is 0 Å². The maximum absolute atomic E-state index is 13.2.